The van der Waals surface area contributed by atoms with E-state index in [9.17, 15) is 4.79 Å². The van der Waals surface area contributed by atoms with Crippen molar-refractivity contribution >= 4 is 47.3 Å². The van der Waals surface area contributed by atoms with Crippen molar-refractivity contribution < 1.29 is 9.53 Å². The molecule has 0 heterocycles. The fourth-order valence-corrected chi connectivity index (χ4v) is 3.83. The molecular weight excluding hydrogens is 388 g/mol. The number of unbranched alkanes of at least 4 members (excludes halogenated alkanes) is 5. The molecule has 1 unspecified atom stereocenters. The molecule has 0 saturated heterocycles. The monoisotopic (exact) mass is 410 g/mol. The van der Waals surface area contributed by atoms with Gasteiger partial charge in [-0.1, -0.05) is 76.6 Å². The lowest BCUT2D eigenvalue weighted by atomic mass is 10.1. The Balaban J connectivity index is 3.22. The molecule has 0 spiro atoms. The molecule has 2 radical (unpaired) electrons. The number of rotatable bonds is 12. The standard InChI is InChI=1S/C14H24Br2O2Si/c1-3-13(17)18-12(2)10-8-6-4-5-7-9-11-19-14(15)16/h3,12,14H,1,4-11H2,2H3. The summed E-state index contributed by atoms with van der Waals surface area (Å²) < 4.78 is 5.62. The zero-order chi connectivity index (χ0) is 14.5. The molecule has 0 aromatic rings. The molecule has 0 saturated carbocycles. The van der Waals surface area contributed by atoms with Crippen molar-refractivity contribution in [3.8, 4) is 0 Å². The molecule has 19 heavy (non-hydrogen) atoms. The van der Waals surface area contributed by atoms with Crippen LogP contribution >= 0.6 is 31.9 Å². The van der Waals surface area contributed by atoms with Gasteiger partial charge in [0.2, 0.25) is 0 Å². The quantitative estimate of drug-likeness (QED) is 0.148. The Morgan fingerprint density at radius 1 is 1.21 bits per heavy atom. The third kappa shape index (κ3) is 14.6. The Morgan fingerprint density at radius 2 is 1.79 bits per heavy atom. The number of ether oxygens (including phenoxy) is 1. The lowest BCUT2D eigenvalue weighted by Crippen LogP contribution is -2.12. The summed E-state index contributed by atoms with van der Waals surface area (Å²) in [6.07, 6.45) is 9.84. The Bertz CT molecular complexity index is 248. The van der Waals surface area contributed by atoms with E-state index in [1.807, 2.05) is 6.92 Å². The number of esters is 1. The summed E-state index contributed by atoms with van der Waals surface area (Å²) in [4.78, 5) is 11.0. The predicted molar refractivity (Wildman–Crippen MR) is 90.3 cm³/mol. The van der Waals surface area contributed by atoms with Gasteiger partial charge in [-0.3, -0.25) is 0 Å². The summed E-state index contributed by atoms with van der Waals surface area (Å²) in [7, 11) is 0.971. The Kier molecular flexibility index (Phi) is 13.6. The highest BCUT2D eigenvalue weighted by Gasteiger charge is 2.05. The molecule has 0 bridgehead atoms. The van der Waals surface area contributed by atoms with Crippen molar-refractivity contribution in [2.45, 2.75) is 67.4 Å². The smallest absolute Gasteiger partial charge is 0.330 e. The Labute approximate surface area is 136 Å². The second kappa shape index (κ2) is 13.4. The lowest BCUT2D eigenvalue weighted by molar-refractivity contribution is -0.142. The van der Waals surface area contributed by atoms with Gasteiger partial charge >= 0.3 is 5.97 Å². The minimum absolute atomic E-state index is 0.0153. The van der Waals surface area contributed by atoms with E-state index in [2.05, 4.69) is 38.4 Å². The van der Waals surface area contributed by atoms with E-state index < -0.39 is 0 Å². The molecule has 110 valence electrons. The van der Waals surface area contributed by atoms with E-state index in [4.69, 9.17) is 4.74 Å². The van der Waals surface area contributed by atoms with E-state index in [1.54, 1.807) is 0 Å². The maximum atomic E-state index is 11.0. The van der Waals surface area contributed by atoms with Gasteiger partial charge in [0.25, 0.3) is 0 Å². The van der Waals surface area contributed by atoms with Crippen LogP contribution in [0.5, 0.6) is 0 Å². The molecule has 1 atom stereocenters. The number of halogens is 2. The van der Waals surface area contributed by atoms with Gasteiger partial charge < -0.3 is 4.74 Å². The fraction of sp³-hybridized carbons (Fsp3) is 0.786. The van der Waals surface area contributed by atoms with Gasteiger partial charge in [0, 0.05) is 6.08 Å². The molecule has 0 amide bonds. The Hall–Kier alpha value is 0.387. The number of carbonyl (C=O) groups excluding carboxylic acids is 1. The summed E-state index contributed by atoms with van der Waals surface area (Å²) in [6.45, 7) is 5.33. The van der Waals surface area contributed by atoms with Crippen LogP contribution in [0.1, 0.15) is 51.9 Å². The molecule has 5 heteroatoms. The second-order valence-electron chi connectivity index (χ2n) is 4.62. The first-order chi connectivity index (χ1) is 9.06. The van der Waals surface area contributed by atoms with Gasteiger partial charge in [-0.15, -0.1) is 0 Å². The molecule has 0 aliphatic rings. The second-order valence-corrected chi connectivity index (χ2v) is 10.9. The summed E-state index contributed by atoms with van der Waals surface area (Å²) in [5.41, 5.74) is 0. The summed E-state index contributed by atoms with van der Waals surface area (Å²) in [5.74, 6) is -0.315. The van der Waals surface area contributed by atoms with Crippen LogP contribution in [-0.4, -0.2) is 25.0 Å². The van der Waals surface area contributed by atoms with E-state index in [0.717, 1.165) is 22.4 Å². The molecule has 2 nitrogen and oxygen atoms in total. The molecule has 0 aliphatic carbocycles. The maximum absolute atomic E-state index is 11.0. The van der Waals surface area contributed by atoms with E-state index in [-0.39, 0.29) is 12.1 Å². The highest BCUT2D eigenvalue weighted by Crippen LogP contribution is 2.13. The van der Waals surface area contributed by atoms with Crippen LogP contribution < -0.4 is 0 Å². The minimum atomic E-state index is -0.315. The zero-order valence-electron chi connectivity index (χ0n) is 11.7. The molecule has 0 rings (SSSR count). The van der Waals surface area contributed by atoms with Gasteiger partial charge in [-0.25, -0.2) is 4.79 Å². The van der Waals surface area contributed by atoms with Crippen molar-refractivity contribution in [2.24, 2.45) is 0 Å². The number of hydrogen-bond donors (Lipinski definition) is 0. The molecule has 0 N–H and O–H groups in total. The average Bonchev–Trinajstić information content (AvgIpc) is 2.36. The zero-order valence-corrected chi connectivity index (χ0v) is 15.8. The van der Waals surface area contributed by atoms with Crippen molar-refractivity contribution in [2.75, 3.05) is 0 Å². The lowest BCUT2D eigenvalue weighted by Gasteiger charge is -2.11. The number of carbonyl (C=O) groups is 1. The van der Waals surface area contributed by atoms with E-state index >= 15 is 0 Å². The van der Waals surface area contributed by atoms with Crippen LogP contribution in [0.15, 0.2) is 12.7 Å². The average molecular weight is 412 g/mol. The molecule has 0 aromatic heterocycles. The molecule has 0 aromatic carbocycles. The van der Waals surface area contributed by atoms with Gasteiger partial charge in [0.15, 0.2) is 0 Å². The van der Waals surface area contributed by atoms with Gasteiger partial charge in [0.1, 0.15) is 0 Å². The Morgan fingerprint density at radius 3 is 2.37 bits per heavy atom. The SMILES string of the molecule is C=CC(=O)OC(C)CCCCCCCC[Si]C(Br)Br. The van der Waals surface area contributed by atoms with Gasteiger partial charge in [-0.2, -0.15) is 0 Å². The van der Waals surface area contributed by atoms with Crippen LogP contribution in [0.25, 0.3) is 0 Å². The van der Waals surface area contributed by atoms with Crippen molar-refractivity contribution in [3.63, 3.8) is 0 Å². The minimum Gasteiger partial charge on any atom is -0.460 e. The topological polar surface area (TPSA) is 26.3 Å². The van der Waals surface area contributed by atoms with Crippen molar-refractivity contribution in [1.82, 2.24) is 0 Å². The highest BCUT2D eigenvalue weighted by molar-refractivity contribution is 9.25. The number of hydrogen-bond acceptors (Lipinski definition) is 2. The molecule has 0 aliphatic heterocycles. The molecular formula is C14H24Br2O2Si. The summed E-state index contributed by atoms with van der Waals surface area (Å²) in [6, 6.07) is 1.32. The molecule has 0 fully saturated rings. The van der Waals surface area contributed by atoms with Gasteiger partial charge in [0.05, 0.1) is 19.0 Å². The fourth-order valence-electron chi connectivity index (χ4n) is 1.78. The largest absolute Gasteiger partial charge is 0.460 e. The van der Waals surface area contributed by atoms with Crippen LogP contribution in [0.2, 0.25) is 6.04 Å². The summed E-state index contributed by atoms with van der Waals surface area (Å²) in [5, 5.41) is 0. The maximum Gasteiger partial charge on any atom is 0.330 e. The first-order valence-corrected chi connectivity index (χ1v) is 10.0. The highest BCUT2D eigenvalue weighted by atomic mass is 79.9. The van der Waals surface area contributed by atoms with E-state index in [1.165, 1.54) is 44.2 Å². The normalized spacial score (nSPS) is 12.4. The first-order valence-electron chi connectivity index (χ1n) is 6.91. The van der Waals surface area contributed by atoms with Crippen LogP contribution in [0.4, 0.5) is 0 Å². The number of alkyl halides is 2. The third-order valence-electron chi connectivity index (χ3n) is 2.82. The van der Waals surface area contributed by atoms with Crippen molar-refractivity contribution in [3.05, 3.63) is 12.7 Å². The van der Waals surface area contributed by atoms with Crippen LogP contribution in [0, 0.1) is 0 Å². The first kappa shape index (κ1) is 19.4. The third-order valence-corrected chi connectivity index (χ3v) is 5.71. The van der Waals surface area contributed by atoms with Crippen LogP contribution in [-0.2, 0) is 9.53 Å². The van der Waals surface area contributed by atoms with Gasteiger partial charge in [-0.05, 0) is 19.8 Å². The van der Waals surface area contributed by atoms with E-state index in [0.29, 0.717) is 3.36 Å². The summed E-state index contributed by atoms with van der Waals surface area (Å²) >= 11 is 7.00. The van der Waals surface area contributed by atoms with Crippen molar-refractivity contribution in [1.29, 1.82) is 0 Å². The predicted octanol–water partition coefficient (Wildman–Crippen LogP) is 5.03. The van der Waals surface area contributed by atoms with Crippen LogP contribution in [0.3, 0.4) is 0 Å².